The van der Waals surface area contributed by atoms with Crippen LogP contribution in [-0.2, 0) is 4.79 Å². The summed E-state index contributed by atoms with van der Waals surface area (Å²) in [4.78, 5) is 11.6. The molecule has 0 saturated carbocycles. The molecular weight excluding hydrogens is 196 g/mol. The SMILES string of the molecule is CC(=O)NC1C(=S)Nc2ccccc21. The summed E-state index contributed by atoms with van der Waals surface area (Å²) in [5.74, 6) is -0.0733. The lowest BCUT2D eigenvalue weighted by Gasteiger charge is -2.10. The van der Waals surface area contributed by atoms with Gasteiger partial charge < -0.3 is 10.6 Å². The highest BCUT2D eigenvalue weighted by Gasteiger charge is 2.26. The third-order valence-electron chi connectivity index (χ3n) is 2.14. The first-order valence-electron chi connectivity index (χ1n) is 4.35. The first kappa shape index (κ1) is 9.15. The van der Waals surface area contributed by atoms with Crippen LogP contribution in [0, 0.1) is 0 Å². The number of fused-ring (bicyclic) bond motifs is 1. The Labute approximate surface area is 87.5 Å². The molecule has 1 atom stereocenters. The average molecular weight is 206 g/mol. The van der Waals surface area contributed by atoms with Crippen molar-refractivity contribution in [3.8, 4) is 0 Å². The van der Waals surface area contributed by atoms with E-state index in [1.54, 1.807) is 0 Å². The molecule has 0 radical (unpaired) electrons. The highest BCUT2D eigenvalue weighted by molar-refractivity contribution is 7.80. The topological polar surface area (TPSA) is 41.1 Å². The van der Waals surface area contributed by atoms with E-state index < -0.39 is 0 Å². The van der Waals surface area contributed by atoms with Crippen molar-refractivity contribution >= 4 is 28.8 Å². The van der Waals surface area contributed by atoms with Crippen LogP contribution >= 0.6 is 12.2 Å². The summed E-state index contributed by atoms with van der Waals surface area (Å²) in [6, 6.07) is 7.61. The number of carbonyl (C=O) groups excluding carboxylic acids is 1. The van der Waals surface area contributed by atoms with E-state index in [1.807, 2.05) is 24.3 Å². The second kappa shape index (κ2) is 3.38. The van der Waals surface area contributed by atoms with Crippen LogP contribution in [-0.4, -0.2) is 10.9 Å². The highest BCUT2D eigenvalue weighted by Crippen LogP contribution is 2.30. The quantitative estimate of drug-likeness (QED) is 0.686. The number of benzene rings is 1. The maximum Gasteiger partial charge on any atom is 0.217 e. The van der Waals surface area contributed by atoms with Gasteiger partial charge in [-0.15, -0.1) is 0 Å². The largest absolute Gasteiger partial charge is 0.348 e. The van der Waals surface area contributed by atoms with Crippen LogP contribution in [0.4, 0.5) is 5.69 Å². The molecule has 1 aliphatic rings. The van der Waals surface area contributed by atoms with E-state index in [-0.39, 0.29) is 11.9 Å². The van der Waals surface area contributed by atoms with Crippen LogP contribution in [0.3, 0.4) is 0 Å². The monoisotopic (exact) mass is 206 g/mol. The number of para-hydroxylation sites is 1. The number of hydrogen-bond acceptors (Lipinski definition) is 2. The minimum Gasteiger partial charge on any atom is -0.348 e. The smallest absolute Gasteiger partial charge is 0.217 e. The average Bonchev–Trinajstić information content (AvgIpc) is 2.43. The van der Waals surface area contributed by atoms with Crippen LogP contribution in [0.15, 0.2) is 24.3 Å². The van der Waals surface area contributed by atoms with E-state index in [9.17, 15) is 4.79 Å². The molecule has 1 unspecified atom stereocenters. The number of rotatable bonds is 1. The standard InChI is InChI=1S/C10H10N2OS/c1-6(13)11-9-7-4-2-3-5-8(7)12-10(9)14/h2-5,9H,1H3,(H,11,13)(H,12,14). The molecule has 0 aromatic heterocycles. The van der Waals surface area contributed by atoms with Gasteiger partial charge in [-0.2, -0.15) is 0 Å². The lowest BCUT2D eigenvalue weighted by Crippen LogP contribution is -2.29. The van der Waals surface area contributed by atoms with Crippen LogP contribution in [0.1, 0.15) is 18.5 Å². The molecule has 72 valence electrons. The second-order valence-electron chi connectivity index (χ2n) is 3.21. The molecule has 14 heavy (non-hydrogen) atoms. The van der Waals surface area contributed by atoms with Gasteiger partial charge >= 0.3 is 0 Å². The van der Waals surface area contributed by atoms with Crippen molar-refractivity contribution in [1.82, 2.24) is 5.32 Å². The van der Waals surface area contributed by atoms with Gasteiger partial charge in [0.2, 0.25) is 5.91 Å². The van der Waals surface area contributed by atoms with E-state index in [1.165, 1.54) is 6.92 Å². The predicted molar refractivity (Wildman–Crippen MR) is 59.2 cm³/mol. The van der Waals surface area contributed by atoms with E-state index in [4.69, 9.17) is 12.2 Å². The van der Waals surface area contributed by atoms with E-state index in [0.717, 1.165) is 11.3 Å². The number of carbonyl (C=O) groups is 1. The summed E-state index contributed by atoms with van der Waals surface area (Å²) >= 11 is 5.14. The molecule has 1 aromatic rings. The summed E-state index contributed by atoms with van der Waals surface area (Å²) in [5, 5.41) is 5.87. The normalized spacial score (nSPS) is 18.6. The molecule has 0 saturated heterocycles. The summed E-state index contributed by atoms with van der Waals surface area (Å²) in [5.41, 5.74) is 2.02. The number of amides is 1. The summed E-state index contributed by atoms with van der Waals surface area (Å²) in [6.45, 7) is 1.49. The first-order valence-corrected chi connectivity index (χ1v) is 4.76. The van der Waals surface area contributed by atoms with Gasteiger partial charge in [-0.3, -0.25) is 4.79 Å². The molecule has 1 aromatic carbocycles. The van der Waals surface area contributed by atoms with Crippen molar-refractivity contribution in [3.63, 3.8) is 0 Å². The third kappa shape index (κ3) is 1.48. The van der Waals surface area contributed by atoms with Crippen LogP contribution in [0.2, 0.25) is 0 Å². The molecule has 1 aliphatic heterocycles. The molecule has 2 rings (SSSR count). The number of nitrogens with one attached hydrogen (secondary N) is 2. The van der Waals surface area contributed by atoms with Crippen molar-refractivity contribution in [3.05, 3.63) is 29.8 Å². The van der Waals surface area contributed by atoms with Gasteiger partial charge in [0.05, 0.1) is 0 Å². The maximum atomic E-state index is 11.0. The van der Waals surface area contributed by atoms with E-state index in [0.29, 0.717) is 4.99 Å². The Morgan fingerprint density at radius 3 is 2.93 bits per heavy atom. The minimum absolute atomic E-state index is 0.0733. The Hall–Kier alpha value is -1.42. The summed E-state index contributed by atoms with van der Waals surface area (Å²) in [6.07, 6.45) is 0. The van der Waals surface area contributed by atoms with Crippen LogP contribution < -0.4 is 10.6 Å². The maximum absolute atomic E-state index is 11.0. The molecule has 0 spiro atoms. The summed E-state index contributed by atoms with van der Waals surface area (Å²) in [7, 11) is 0. The Bertz CT molecular complexity index is 403. The second-order valence-corrected chi connectivity index (χ2v) is 3.65. The van der Waals surface area contributed by atoms with Gasteiger partial charge in [0.15, 0.2) is 0 Å². The van der Waals surface area contributed by atoms with Crippen molar-refractivity contribution in [1.29, 1.82) is 0 Å². The molecule has 1 amide bonds. The Morgan fingerprint density at radius 2 is 2.21 bits per heavy atom. The molecule has 0 bridgehead atoms. The Morgan fingerprint density at radius 1 is 1.50 bits per heavy atom. The van der Waals surface area contributed by atoms with Gasteiger partial charge in [-0.1, -0.05) is 30.4 Å². The van der Waals surface area contributed by atoms with Crippen molar-refractivity contribution in [2.24, 2.45) is 0 Å². The van der Waals surface area contributed by atoms with Gasteiger partial charge in [0.1, 0.15) is 11.0 Å². The molecule has 1 heterocycles. The van der Waals surface area contributed by atoms with Crippen LogP contribution in [0.25, 0.3) is 0 Å². The lowest BCUT2D eigenvalue weighted by atomic mass is 10.1. The Kier molecular flexibility index (Phi) is 2.21. The molecule has 4 heteroatoms. The predicted octanol–water partition coefficient (Wildman–Crippen LogP) is 1.62. The number of thiocarbonyl (C=S) groups is 1. The fourth-order valence-electron chi connectivity index (χ4n) is 1.56. The first-order chi connectivity index (χ1) is 6.68. The zero-order valence-electron chi connectivity index (χ0n) is 7.70. The van der Waals surface area contributed by atoms with Gasteiger partial charge in [0.25, 0.3) is 0 Å². The van der Waals surface area contributed by atoms with Crippen molar-refractivity contribution in [2.75, 3.05) is 5.32 Å². The fourth-order valence-corrected chi connectivity index (χ4v) is 1.85. The van der Waals surface area contributed by atoms with E-state index in [2.05, 4.69) is 10.6 Å². The fraction of sp³-hybridized carbons (Fsp3) is 0.200. The Balaban J connectivity index is 2.34. The highest BCUT2D eigenvalue weighted by atomic mass is 32.1. The van der Waals surface area contributed by atoms with E-state index >= 15 is 0 Å². The lowest BCUT2D eigenvalue weighted by molar-refractivity contribution is -0.119. The molecule has 2 N–H and O–H groups in total. The molecule has 0 fully saturated rings. The molecule has 3 nitrogen and oxygen atoms in total. The number of anilines is 1. The minimum atomic E-state index is -0.168. The third-order valence-corrected chi connectivity index (χ3v) is 2.48. The number of hydrogen-bond donors (Lipinski definition) is 2. The van der Waals surface area contributed by atoms with Gasteiger partial charge in [-0.25, -0.2) is 0 Å². The zero-order valence-corrected chi connectivity index (χ0v) is 8.52. The van der Waals surface area contributed by atoms with Gasteiger partial charge in [-0.05, 0) is 6.07 Å². The van der Waals surface area contributed by atoms with Crippen LogP contribution in [0.5, 0.6) is 0 Å². The molecule has 0 aliphatic carbocycles. The molecular formula is C10H10N2OS. The zero-order chi connectivity index (χ0) is 10.1. The van der Waals surface area contributed by atoms with Crippen molar-refractivity contribution in [2.45, 2.75) is 13.0 Å². The van der Waals surface area contributed by atoms with Gasteiger partial charge in [0, 0.05) is 18.2 Å². The van der Waals surface area contributed by atoms with Crippen molar-refractivity contribution < 1.29 is 4.79 Å². The summed E-state index contributed by atoms with van der Waals surface area (Å²) < 4.78 is 0.